The Morgan fingerprint density at radius 2 is 2.21 bits per heavy atom. The van der Waals surface area contributed by atoms with Crippen LogP contribution in [-0.4, -0.2) is 18.4 Å². The zero-order valence-corrected chi connectivity index (χ0v) is 11.5. The molecule has 2 saturated carbocycles. The highest BCUT2D eigenvalue weighted by Crippen LogP contribution is 2.50. The van der Waals surface area contributed by atoms with Crippen molar-refractivity contribution in [1.82, 2.24) is 0 Å². The van der Waals surface area contributed by atoms with E-state index in [1.165, 1.54) is 0 Å². The predicted molar refractivity (Wildman–Crippen MR) is 69.0 cm³/mol. The van der Waals surface area contributed by atoms with Crippen LogP contribution in [0.25, 0.3) is 0 Å². The van der Waals surface area contributed by atoms with Crippen molar-refractivity contribution in [3.8, 4) is 6.07 Å². The number of hydrogen-bond acceptors (Lipinski definition) is 4. The van der Waals surface area contributed by atoms with E-state index in [1.807, 2.05) is 0 Å². The molecule has 0 aromatic carbocycles. The standard InChI is InChI=1S/C15H21NO3/c1-2-19-14(18)11-6-5-9-15(10-16)12(11)7-3-4-8-13(15)17/h11-12H,2-9H2,1H3/t11-,12+,15-/m0/s1. The Hall–Kier alpha value is -1.37. The summed E-state index contributed by atoms with van der Waals surface area (Å²) >= 11 is 0. The largest absolute Gasteiger partial charge is 0.466 e. The van der Waals surface area contributed by atoms with Gasteiger partial charge in [-0.05, 0) is 38.5 Å². The second kappa shape index (κ2) is 5.73. The second-order valence-electron chi connectivity index (χ2n) is 5.61. The number of nitriles is 1. The van der Waals surface area contributed by atoms with Gasteiger partial charge in [0.05, 0.1) is 18.6 Å². The van der Waals surface area contributed by atoms with Crippen molar-refractivity contribution in [2.45, 2.75) is 51.9 Å². The summed E-state index contributed by atoms with van der Waals surface area (Å²) in [6, 6.07) is 2.28. The molecule has 0 heterocycles. The number of fused-ring (bicyclic) bond motifs is 1. The van der Waals surface area contributed by atoms with Gasteiger partial charge in [0, 0.05) is 6.42 Å². The third kappa shape index (κ3) is 2.39. The Labute approximate surface area is 114 Å². The maximum absolute atomic E-state index is 12.4. The number of nitrogens with zero attached hydrogens (tertiary/aromatic N) is 1. The smallest absolute Gasteiger partial charge is 0.309 e. The average Bonchev–Trinajstić information content (AvgIpc) is 2.59. The molecule has 0 N–H and O–H groups in total. The zero-order chi connectivity index (χ0) is 13.9. The quantitative estimate of drug-likeness (QED) is 0.718. The Balaban J connectivity index is 2.32. The number of carbonyl (C=O) groups is 2. The van der Waals surface area contributed by atoms with E-state index in [0.29, 0.717) is 19.4 Å². The Bertz CT molecular complexity index is 412. The van der Waals surface area contributed by atoms with Crippen LogP contribution in [0, 0.1) is 28.6 Å². The second-order valence-corrected chi connectivity index (χ2v) is 5.61. The Morgan fingerprint density at radius 3 is 2.89 bits per heavy atom. The van der Waals surface area contributed by atoms with Crippen molar-refractivity contribution in [2.75, 3.05) is 6.61 Å². The minimum absolute atomic E-state index is 0.0477. The molecule has 0 unspecified atom stereocenters. The first kappa shape index (κ1) is 14.0. The average molecular weight is 263 g/mol. The summed E-state index contributed by atoms with van der Waals surface area (Å²) < 4.78 is 5.14. The predicted octanol–water partition coefficient (Wildman–Crippen LogP) is 2.62. The lowest BCUT2D eigenvalue weighted by atomic mass is 9.59. The van der Waals surface area contributed by atoms with E-state index in [-0.39, 0.29) is 23.6 Å². The van der Waals surface area contributed by atoms with Gasteiger partial charge >= 0.3 is 5.97 Å². The highest BCUT2D eigenvalue weighted by molar-refractivity contribution is 5.89. The van der Waals surface area contributed by atoms with Gasteiger partial charge in [0.1, 0.15) is 5.41 Å². The number of esters is 1. The fraction of sp³-hybridized carbons (Fsp3) is 0.800. The molecule has 2 aliphatic carbocycles. The van der Waals surface area contributed by atoms with Crippen molar-refractivity contribution in [3.05, 3.63) is 0 Å². The van der Waals surface area contributed by atoms with E-state index in [2.05, 4.69) is 6.07 Å². The van der Waals surface area contributed by atoms with Gasteiger partial charge in [-0.25, -0.2) is 0 Å². The lowest BCUT2D eigenvalue weighted by Crippen LogP contribution is -2.46. The van der Waals surface area contributed by atoms with Crippen LogP contribution in [0.15, 0.2) is 0 Å². The molecule has 4 heteroatoms. The molecule has 0 spiro atoms. The summed E-state index contributed by atoms with van der Waals surface area (Å²) in [5.74, 6) is -0.580. The Morgan fingerprint density at radius 1 is 1.42 bits per heavy atom. The van der Waals surface area contributed by atoms with E-state index < -0.39 is 5.41 Å². The molecule has 2 rings (SSSR count). The Kier molecular flexibility index (Phi) is 4.24. The van der Waals surface area contributed by atoms with Gasteiger partial charge in [0.2, 0.25) is 0 Å². The molecule has 3 atom stereocenters. The fourth-order valence-electron chi connectivity index (χ4n) is 3.73. The first-order valence-corrected chi connectivity index (χ1v) is 7.27. The van der Waals surface area contributed by atoms with Crippen molar-refractivity contribution in [3.63, 3.8) is 0 Å². The minimum atomic E-state index is -0.924. The van der Waals surface area contributed by atoms with Crippen LogP contribution in [0.5, 0.6) is 0 Å². The SMILES string of the molecule is CCOC(=O)[C@H]1CCC[C@@]2(C#N)C(=O)CCCC[C@H]12. The molecule has 0 aromatic rings. The molecule has 0 aliphatic heterocycles. The number of ether oxygens (including phenoxy) is 1. The van der Waals surface area contributed by atoms with E-state index >= 15 is 0 Å². The van der Waals surface area contributed by atoms with Crippen LogP contribution in [0.3, 0.4) is 0 Å². The third-order valence-corrected chi connectivity index (χ3v) is 4.66. The van der Waals surface area contributed by atoms with Gasteiger partial charge in [-0.1, -0.05) is 12.8 Å². The molecule has 0 amide bonds. The maximum Gasteiger partial charge on any atom is 0.309 e. The lowest BCUT2D eigenvalue weighted by molar-refractivity contribution is -0.155. The highest BCUT2D eigenvalue weighted by Gasteiger charge is 2.53. The maximum atomic E-state index is 12.4. The molecule has 0 saturated heterocycles. The third-order valence-electron chi connectivity index (χ3n) is 4.66. The van der Waals surface area contributed by atoms with Crippen LogP contribution < -0.4 is 0 Å². The number of carbonyl (C=O) groups excluding carboxylic acids is 2. The summed E-state index contributed by atoms with van der Waals surface area (Å²) in [4.78, 5) is 24.4. The first-order valence-electron chi connectivity index (χ1n) is 7.27. The summed E-state index contributed by atoms with van der Waals surface area (Å²) in [6.07, 6.45) is 5.18. The van der Waals surface area contributed by atoms with Gasteiger partial charge in [-0.15, -0.1) is 0 Å². The van der Waals surface area contributed by atoms with Crippen LogP contribution in [0.2, 0.25) is 0 Å². The van der Waals surface area contributed by atoms with E-state index in [4.69, 9.17) is 4.74 Å². The van der Waals surface area contributed by atoms with Crippen molar-refractivity contribution in [1.29, 1.82) is 5.26 Å². The molecular formula is C15H21NO3. The highest BCUT2D eigenvalue weighted by atomic mass is 16.5. The van der Waals surface area contributed by atoms with E-state index in [1.54, 1.807) is 6.92 Å². The first-order chi connectivity index (χ1) is 9.15. The molecule has 0 radical (unpaired) electrons. The molecule has 0 aromatic heterocycles. The van der Waals surface area contributed by atoms with Crippen LogP contribution >= 0.6 is 0 Å². The molecule has 2 fully saturated rings. The van der Waals surface area contributed by atoms with Crippen LogP contribution in [0.1, 0.15) is 51.9 Å². The lowest BCUT2D eigenvalue weighted by Gasteiger charge is -2.40. The van der Waals surface area contributed by atoms with Crippen molar-refractivity contribution < 1.29 is 14.3 Å². The molecule has 0 bridgehead atoms. The topological polar surface area (TPSA) is 67.2 Å². The summed E-state index contributed by atoms with van der Waals surface area (Å²) in [5.41, 5.74) is -0.924. The number of Topliss-reactive ketones (excluding diaryl/α,β-unsaturated/α-hetero) is 1. The number of hydrogen-bond donors (Lipinski definition) is 0. The van der Waals surface area contributed by atoms with Gasteiger partial charge in [-0.3, -0.25) is 9.59 Å². The van der Waals surface area contributed by atoms with Crippen LogP contribution in [0.4, 0.5) is 0 Å². The summed E-state index contributed by atoms with van der Waals surface area (Å²) in [6.45, 7) is 2.14. The molecule has 2 aliphatic rings. The molecule has 104 valence electrons. The van der Waals surface area contributed by atoms with Gasteiger partial charge in [0.25, 0.3) is 0 Å². The summed E-state index contributed by atoms with van der Waals surface area (Å²) in [7, 11) is 0. The van der Waals surface area contributed by atoms with Crippen molar-refractivity contribution in [2.24, 2.45) is 17.3 Å². The van der Waals surface area contributed by atoms with Crippen LogP contribution in [-0.2, 0) is 14.3 Å². The van der Waals surface area contributed by atoms with Gasteiger partial charge in [0.15, 0.2) is 5.78 Å². The molecular weight excluding hydrogens is 242 g/mol. The number of rotatable bonds is 2. The normalized spacial score (nSPS) is 34.8. The molecule has 4 nitrogen and oxygen atoms in total. The van der Waals surface area contributed by atoms with Crippen molar-refractivity contribution >= 4 is 11.8 Å². The van der Waals surface area contributed by atoms with Gasteiger partial charge < -0.3 is 4.74 Å². The van der Waals surface area contributed by atoms with E-state index in [0.717, 1.165) is 32.1 Å². The number of ketones is 1. The molecule has 19 heavy (non-hydrogen) atoms. The minimum Gasteiger partial charge on any atom is -0.466 e. The monoisotopic (exact) mass is 263 g/mol. The fourth-order valence-corrected chi connectivity index (χ4v) is 3.73. The van der Waals surface area contributed by atoms with Gasteiger partial charge in [-0.2, -0.15) is 5.26 Å². The van der Waals surface area contributed by atoms with E-state index in [9.17, 15) is 14.9 Å². The summed E-state index contributed by atoms with van der Waals surface area (Å²) in [5, 5.41) is 9.58. The zero-order valence-electron chi connectivity index (χ0n) is 11.5.